The smallest absolute Gasteiger partial charge is 0.269 e. The third kappa shape index (κ3) is 3.66. The molecule has 0 saturated heterocycles. The zero-order valence-electron chi connectivity index (χ0n) is 13.3. The molecule has 0 aliphatic heterocycles. The second kappa shape index (κ2) is 6.87. The summed E-state index contributed by atoms with van der Waals surface area (Å²) in [5.41, 5.74) is 2.15. The minimum absolute atomic E-state index is 0.0696. The molecule has 1 N–H and O–H groups in total. The van der Waals surface area contributed by atoms with Gasteiger partial charge in [0.15, 0.2) is 5.82 Å². The lowest BCUT2D eigenvalue weighted by atomic mass is 10.2. The fraction of sp³-hybridized carbons (Fsp3) is 0.125. The number of hydrogen-bond donors (Lipinski definition) is 1. The molecule has 9 nitrogen and oxygen atoms in total. The molecule has 0 aliphatic carbocycles. The Balaban J connectivity index is 1.70. The molecular formula is C16H14N6O3. The summed E-state index contributed by atoms with van der Waals surface area (Å²) in [6.07, 6.45) is 0. The quantitative estimate of drug-likeness (QED) is 0.560. The number of nitro benzene ring substituents is 1. The van der Waals surface area contributed by atoms with E-state index in [1.54, 1.807) is 0 Å². The van der Waals surface area contributed by atoms with E-state index >= 15 is 0 Å². The molecule has 0 unspecified atom stereocenters. The fourth-order valence-corrected chi connectivity index (χ4v) is 2.20. The van der Waals surface area contributed by atoms with Gasteiger partial charge >= 0.3 is 0 Å². The van der Waals surface area contributed by atoms with E-state index in [-0.39, 0.29) is 18.1 Å². The van der Waals surface area contributed by atoms with Gasteiger partial charge in [-0.15, -0.1) is 5.10 Å². The number of benzene rings is 2. The first-order valence-corrected chi connectivity index (χ1v) is 7.41. The van der Waals surface area contributed by atoms with Gasteiger partial charge in [0, 0.05) is 17.7 Å². The molecule has 1 amide bonds. The molecule has 0 bridgehead atoms. The molecule has 3 rings (SSSR count). The highest BCUT2D eigenvalue weighted by molar-refractivity contribution is 5.94. The van der Waals surface area contributed by atoms with E-state index in [1.165, 1.54) is 28.9 Å². The van der Waals surface area contributed by atoms with E-state index in [4.69, 9.17) is 0 Å². The third-order valence-corrected chi connectivity index (χ3v) is 3.56. The first-order chi connectivity index (χ1) is 12.0. The van der Waals surface area contributed by atoms with Crippen LogP contribution >= 0.6 is 0 Å². The number of non-ortho nitro benzene ring substituents is 1. The van der Waals surface area contributed by atoms with Gasteiger partial charge < -0.3 is 5.32 Å². The van der Waals surface area contributed by atoms with Crippen molar-refractivity contribution in [3.63, 3.8) is 0 Å². The largest absolute Gasteiger partial charge is 0.345 e. The summed E-state index contributed by atoms with van der Waals surface area (Å²) in [6, 6.07) is 13.0. The van der Waals surface area contributed by atoms with E-state index in [0.717, 1.165) is 11.3 Å². The number of nitro groups is 1. The van der Waals surface area contributed by atoms with Gasteiger partial charge in [-0.3, -0.25) is 14.9 Å². The Labute approximate surface area is 142 Å². The minimum Gasteiger partial charge on any atom is -0.345 e. The number of rotatable bonds is 5. The van der Waals surface area contributed by atoms with Crippen LogP contribution in [0.3, 0.4) is 0 Å². The zero-order chi connectivity index (χ0) is 17.8. The number of carbonyl (C=O) groups is 1. The molecule has 2 aromatic carbocycles. The average Bonchev–Trinajstić information content (AvgIpc) is 3.09. The highest BCUT2D eigenvalue weighted by atomic mass is 16.6. The number of hydrogen-bond acceptors (Lipinski definition) is 6. The first-order valence-electron chi connectivity index (χ1n) is 7.41. The van der Waals surface area contributed by atoms with Crippen LogP contribution in [-0.2, 0) is 6.54 Å². The molecule has 25 heavy (non-hydrogen) atoms. The van der Waals surface area contributed by atoms with Crippen LogP contribution in [0.5, 0.6) is 0 Å². The molecule has 9 heteroatoms. The number of nitrogens with one attached hydrogen (secondary N) is 1. The maximum atomic E-state index is 12.2. The van der Waals surface area contributed by atoms with Crippen LogP contribution in [0.25, 0.3) is 5.69 Å². The second-order valence-electron chi connectivity index (χ2n) is 5.33. The van der Waals surface area contributed by atoms with Gasteiger partial charge in [-0.05, 0) is 41.6 Å². The first kappa shape index (κ1) is 16.2. The molecule has 3 aromatic rings. The van der Waals surface area contributed by atoms with E-state index in [9.17, 15) is 14.9 Å². The van der Waals surface area contributed by atoms with Crippen LogP contribution in [0.4, 0.5) is 5.69 Å². The van der Waals surface area contributed by atoms with E-state index in [0.29, 0.717) is 11.4 Å². The minimum atomic E-state index is -0.516. The van der Waals surface area contributed by atoms with Crippen molar-refractivity contribution >= 4 is 11.6 Å². The van der Waals surface area contributed by atoms with Crippen molar-refractivity contribution in [3.8, 4) is 5.69 Å². The molecule has 0 saturated carbocycles. The maximum absolute atomic E-state index is 12.2. The molecule has 0 radical (unpaired) electrons. The van der Waals surface area contributed by atoms with Crippen molar-refractivity contribution < 1.29 is 9.72 Å². The van der Waals surface area contributed by atoms with Gasteiger partial charge in [-0.1, -0.05) is 17.7 Å². The molecule has 0 spiro atoms. The number of amides is 1. The summed E-state index contributed by atoms with van der Waals surface area (Å²) in [7, 11) is 0. The Hall–Kier alpha value is -3.62. The van der Waals surface area contributed by atoms with Crippen LogP contribution in [0.1, 0.15) is 21.7 Å². The van der Waals surface area contributed by atoms with E-state index in [2.05, 4.69) is 20.8 Å². The number of aromatic nitrogens is 4. The van der Waals surface area contributed by atoms with Crippen LogP contribution < -0.4 is 5.32 Å². The van der Waals surface area contributed by atoms with Gasteiger partial charge in [0.1, 0.15) is 0 Å². The van der Waals surface area contributed by atoms with E-state index < -0.39 is 4.92 Å². The summed E-state index contributed by atoms with van der Waals surface area (Å²) in [5, 5.41) is 24.8. The zero-order valence-corrected chi connectivity index (χ0v) is 13.3. The summed E-state index contributed by atoms with van der Waals surface area (Å²) >= 11 is 0. The lowest BCUT2D eigenvalue weighted by Crippen LogP contribution is -2.24. The Kier molecular flexibility index (Phi) is 4.46. The van der Waals surface area contributed by atoms with Crippen molar-refractivity contribution in [2.45, 2.75) is 13.5 Å². The fourth-order valence-electron chi connectivity index (χ4n) is 2.20. The molecule has 1 heterocycles. The molecule has 0 fully saturated rings. The molecule has 126 valence electrons. The lowest BCUT2D eigenvalue weighted by molar-refractivity contribution is -0.384. The lowest BCUT2D eigenvalue weighted by Gasteiger charge is -2.07. The standard InChI is InChI=1S/C16H14N6O3/c1-11-2-6-13(7-3-11)21-15(18-19-20-21)10-17-16(23)12-4-8-14(9-5-12)22(24)25/h2-9H,10H2,1H3,(H,17,23). The summed E-state index contributed by atoms with van der Waals surface area (Å²) < 4.78 is 1.54. The van der Waals surface area contributed by atoms with Crippen LogP contribution in [0.15, 0.2) is 48.5 Å². The van der Waals surface area contributed by atoms with Gasteiger partial charge in [0.05, 0.1) is 17.2 Å². The van der Waals surface area contributed by atoms with Crippen LogP contribution in [0, 0.1) is 17.0 Å². The average molecular weight is 338 g/mol. The normalized spacial score (nSPS) is 10.4. The maximum Gasteiger partial charge on any atom is 0.269 e. The third-order valence-electron chi connectivity index (χ3n) is 3.56. The highest BCUT2D eigenvalue weighted by Gasteiger charge is 2.12. The number of carbonyl (C=O) groups excluding carboxylic acids is 1. The summed E-state index contributed by atoms with van der Waals surface area (Å²) in [4.78, 5) is 22.3. The number of aryl methyl sites for hydroxylation is 1. The van der Waals surface area contributed by atoms with Gasteiger partial charge in [-0.2, -0.15) is 4.68 Å². The summed E-state index contributed by atoms with van der Waals surface area (Å²) in [5.74, 6) is 0.104. The molecule has 0 aliphatic rings. The summed E-state index contributed by atoms with van der Waals surface area (Å²) in [6.45, 7) is 2.10. The monoisotopic (exact) mass is 338 g/mol. The van der Waals surface area contributed by atoms with E-state index in [1.807, 2.05) is 31.2 Å². The molecule has 0 atom stereocenters. The predicted octanol–water partition coefficient (Wildman–Crippen LogP) is 1.81. The second-order valence-corrected chi connectivity index (χ2v) is 5.33. The van der Waals surface area contributed by atoms with Gasteiger partial charge in [0.25, 0.3) is 11.6 Å². The number of tetrazole rings is 1. The molecule has 1 aromatic heterocycles. The van der Waals surface area contributed by atoms with Crippen molar-refractivity contribution in [2.24, 2.45) is 0 Å². The van der Waals surface area contributed by atoms with Crippen LogP contribution in [0.2, 0.25) is 0 Å². The Morgan fingerprint density at radius 3 is 2.48 bits per heavy atom. The van der Waals surface area contributed by atoms with Crippen LogP contribution in [-0.4, -0.2) is 31.0 Å². The van der Waals surface area contributed by atoms with Crippen molar-refractivity contribution in [1.29, 1.82) is 0 Å². The predicted molar refractivity (Wildman–Crippen MR) is 88.2 cm³/mol. The Bertz CT molecular complexity index is 902. The van der Waals surface area contributed by atoms with Crippen molar-refractivity contribution in [1.82, 2.24) is 25.5 Å². The van der Waals surface area contributed by atoms with Crippen molar-refractivity contribution in [3.05, 3.63) is 75.6 Å². The van der Waals surface area contributed by atoms with Gasteiger partial charge in [-0.25, -0.2) is 0 Å². The topological polar surface area (TPSA) is 116 Å². The Morgan fingerprint density at radius 1 is 1.16 bits per heavy atom. The number of nitrogens with zero attached hydrogens (tertiary/aromatic N) is 5. The molecular weight excluding hydrogens is 324 g/mol. The SMILES string of the molecule is Cc1ccc(-n2nnnc2CNC(=O)c2ccc([N+](=O)[O-])cc2)cc1. The Morgan fingerprint density at radius 2 is 1.84 bits per heavy atom. The van der Waals surface area contributed by atoms with Gasteiger partial charge in [0.2, 0.25) is 0 Å². The van der Waals surface area contributed by atoms with Crippen molar-refractivity contribution in [2.75, 3.05) is 0 Å². The highest BCUT2D eigenvalue weighted by Crippen LogP contribution is 2.12.